The number of ketones is 2. The number of carbonyl (C=O) groups is 2. The van der Waals surface area contributed by atoms with Crippen LogP contribution in [0.3, 0.4) is 0 Å². The molecule has 0 aliphatic heterocycles. The number of aliphatic hydroxyl groups is 3. The predicted molar refractivity (Wildman–Crippen MR) is 94.8 cm³/mol. The second-order valence-electron chi connectivity index (χ2n) is 6.64. The van der Waals surface area contributed by atoms with Gasteiger partial charge in [-0.15, -0.1) is 0 Å². The number of aliphatic hydroxyl groups excluding tert-OH is 2. The van der Waals surface area contributed by atoms with Crippen LogP contribution in [-0.2, 0) is 9.59 Å². The minimum absolute atomic E-state index is 0.0544. The van der Waals surface area contributed by atoms with Gasteiger partial charge in [0.25, 0.3) is 0 Å². The maximum Gasteiger partial charge on any atom is 0.209 e. The molecule has 0 fully saturated rings. The van der Waals surface area contributed by atoms with E-state index in [1.165, 1.54) is 0 Å². The van der Waals surface area contributed by atoms with Gasteiger partial charge in [0.15, 0.2) is 11.6 Å². The topological polar surface area (TPSA) is 94.8 Å². The van der Waals surface area contributed by atoms with Gasteiger partial charge in [0.05, 0.1) is 6.61 Å². The average Bonchev–Trinajstić information content (AvgIpc) is 2.59. The molecule has 0 amide bonds. The average molecular weight is 344 g/mol. The van der Waals surface area contributed by atoms with Gasteiger partial charge in [0.1, 0.15) is 6.10 Å². The summed E-state index contributed by atoms with van der Waals surface area (Å²) in [5.41, 5.74) is -2.45. The van der Waals surface area contributed by atoms with Crippen LogP contribution in [0.5, 0.6) is 0 Å². The van der Waals surface area contributed by atoms with Crippen molar-refractivity contribution in [3.63, 3.8) is 0 Å². The summed E-state index contributed by atoms with van der Waals surface area (Å²) in [6.07, 6.45) is 7.64. The quantitative estimate of drug-likeness (QED) is 0.296. The van der Waals surface area contributed by atoms with Gasteiger partial charge >= 0.3 is 0 Å². The lowest BCUT2D eigenvalue weighted by atomic mass is 9.82. The van der Waals surface area contributed by atoms with Crippen molar-refractivity contribution < 1.29 is 24.9 Å². The minimum atomic E-state index is -2.45. The Hall–Kier alpha value is -0.780. The maximum absolute atomic E-state index is 12.3. The van der Waals surface area contributed by atoms with Crippen molar-refractivity contribution in [1.29, 1.82) is 0 Å². The maximum atomic E-state index is 12.3. The van der Waals surface area contributed by atoms with E-state index in [2.05, 4.69) is 13.8 Å². The second kappa shape index (κ2) is 13.5. The Labute approximate surface area is 146 Å². The summed E-state index contributed by atoms with van der Waals surface area (Å²) in [5, 5.41) is 29.5. The molecule has 0 unspecified atom stereocenters. The van der Waals surface area contributed by atoms with Crippen LogP contribution in [0.15, 0.2) is 0 Å². The summed E-state index contributed by atoms with van der Waals surface area (Å²) in [7, 11) is 0. The molecule has 0 rings (SSSR count). The van der Waals surface area contributed by atoms with Gasteiger partial charge in [0.2, 0.25) is 5.60 Å². The smallest absolute Gasteiger partial charge is 0.209 e. The van der Waals surface area contributed by atoms with Crippen molar-refractivity contribution in [2.45, 2.75) is 103 Å². The van der Waals surface area contributed by atoms with E-state index in [-0.39, 0.29) is 12.8 Å². The van der Waals surface area contributed by atoms with E-state index in [4.69, 9.17) is 5.11 Å². The highest BCUT2D eigenvalue weighted by Crippen LogP contribution is 2.21. The molecule has 0 aliphatic carbocycles. The minimum Gasteiger partial charge on any atom is -0.394 e. The van der Waals surface area contributed by atoms with E-state index in [1.807, 2.05) is 0 Å². The Morgan fingerprint density at radius 1 is 0.792 bits per heavy atom. The molecule has 0 aromatic carbocycles. The van der Waals surface area contributed by atoms with E-state index < -0.39 is 29.9 Å². The van der Waals surface area contributed by atoms with E-state index in [1.54, 1.807) is 0 Å². The normalized spacial score (nSPS) is 13.0. The largest absolute Gasteiger partial charge is 0.394 e. The fraction of sp³-hybridized carbons (Fsp3) is 0.895. The molecule has 0 bridgehead atoms. The lowest BCUT2D eigenvalue weighted by Gasteiger charge is -2.29. The molecule has 0 heterocycles. The van der Waals surface area contributed by atoms with Crippen molar-refractivity contribution in [1.82, 2.24) is 0 Å². The Morgan fingerprint density at radius 3 is 1.50 bits per heavy atom. The van der Waals surface area contributed by atoms with Gasteiger partial charge in [-0.25, -0.2) is 0 Å². The van der Waals surface area contributed by atoms with E-state index >= 15 is 0 Å². The first-order valence-electron chi connectivity index (χ1n) is 9.52. The molecule has 24 heavy (non-hydrogen) atoms. The predicted octanol–water partition coefficient (Wildman–Crippen LogP) is 2.93. The molecule has 1 atom stereocenters. The number of carbonyl (C=O) groups excluding carboxylic acids is 2. The second-order valence-corrected chi connectivity index (χ2v) is 6.64. The third-order valence-electron chi connectivity index (χ3n) is 4.52. The van der Waals surface area contributed by atoms with Crippen LogP contribution < -0.4 is 0 Å². The monoisotopic (exact) mass is 344 g/mol. The molecule has 0 saturated heterocycles. The highest BCUT2D eigenvalue weighted by atomic mass is 16.4. The van der Waals surface area contributed by atoms with Gasteiger partial charge in [-0.05, 0) is 12.8 Å². The molecule has 0 aliphatic rings. The fourth-order valence-corrected chi connectivity index (χ4v) is 2.82. The first-order valence-corrected chi connectivity index (χ1v) is 9.52. The van der Waals surface area contributed by atoms with Gasteiger partial charge in [0, 0.05) is 12.8 Å². The van der Waals surface area contributed by atoms with Crippen LogP contribution >= 0.6 is 0 Å². The summed E-state index contributed by atoms with van der Waals surface area (Å²) in [6.45, 7) is 3.39. The summed E-state index contributed by atoms with van der Waals surface area (Å²) in [4.78, 5) is 24.7. The first kappa shape index (κ1) is 23.2. The van der Waals surface area contributed by atoms with Crippen molar-refractivity contribution in [3.05, 3.63) is 0 Å². The molecule has 0 radical (unpaired) electrons. The molecule has 0 aromatic heterocycles. The Balaban J connectivity index is 4.57. The molecule has 5 nitrogen and oxygen atoms in total. The lowest BCUT2D eigenvalue weighted by molar-refractivity contribution is -0.166. The van der Waals surface area contributed by atoms with Crippen molar-refractivity contribution in [2.24, 2.45) is 0 Å². The lowest BCUT2D eigenvalue weighted by Crippen LogP contribution is -2.57. The SMILES string of the molecule is CCCCCCCC(=O)C(O)(C(=O)CCCCCCC)[C@@H](O)CO. The fourth-order valence-electron chi connectivity index (χ4n) is 2.82. The van der Waals surface area contributed by atoms with E-state index in [9.17, 15) is 19.8 Å². The molecule has 142 valence electrons. The number of unbranched alkanes of at least 4 members (excludes halogenated alkanes) is 8. The number of Topliss-reactive ketones (excluding diaryl/α,β-unsaturated/α-hetero) is 2. The van der Waals surface area contributed by atoms with Gasteiger partial charge in [-0.1, -0.05) is 65.2 Å². The molecule has 5 heteroatoms. The number of hydrogen-bond acceptors (Lipinski definition) is 5. The first-order chi connectivity index (χ1) is 11.4. The summed E-state index contributed by atoms with van der Waals surface area (Å²) in [5.74, 6) is -1.33. The molecular weight excluding hydrogens is 308 g/mol. The summed E-state index contributed by atoms with van der Waals surface area (Å²) >= 11 is 0. The van der Waals surface area contributed by atoms with Gasteiger partial charge in [-0.3, -0.25) is 9.59 Å². The Morgan fingerprint density at radius 2 is 1.17 bits per heavy atom. The molecule has 0 spiro atoms. The summed E-state index contributed by atoms with van der Waals surface area (Å²) in [6, 6.07) is 0. The van der Waals surface area contributed by atoms with Gasteiger partial charge < -0.3 is 15.3 Å². The Bertz CT molecular complexity index is 328. The zero-order valence-electron chi connectivity index (χ0n) is 15.4. The zero-order valence-corrected chi connectivity index (χ0v) is 15.4. The molecule has 3 N–H and O–H groups in total. The van der Waals surface area contributed by atoms with Crippen LogP contribution in [0, 0.1) is 0 Å². The van der Waals surface area contributed by atoms with Crippen molar-refractivity contribution in [2.75, 3.05) is 6.61 Å². The van der Waals surface area contributed by atoms with E-state index in [0.29, 0.717) is 12.8 Å². The molecule has 0 saturated carbocycles. The molecular formula is C19H36O5. The van der Waals surface area contributed by atoms with Crippen LogP contribution in [0.4, 0.5) is 0 Å². The third-order valence-corrected chi connectivity index (χ3v) is 4.52. The highest BCUT2D eigenvalue weighted by Gasteiger charge is 2.48. The van der Waals surface area contributed by atoms with Crippen molar-refractivity contribution in [3.8, 4) is 0 Å². The van der Waals surface area contributed by atoms with Crippen LogP contribution in [0.1, 0.15) is 90.9 Å². The van der Waals surface area contributed by atoms with Crippen LogP contribution in [0.25, 0.3) is 0 Å². The van der Waals surface area contributed by atoms with E-state index in [0.717, 1.165) is 51.4 Å². The summed E-state index contributed by atoms with van der Waals surface area (Å²) < 4.78 is 0. The third kappa shape index (κ3) is 7.86. The molecule has 0 aromatic rings. The standard InChI is InChI=1S/C19H36O5/c1-3-5-7-9-11-13-16(21)19(24,18(23)15-20)17(22)14-12-10-8-6-4-2/h18,20,23-24H,3-15H2,1-2H3/t18-/m0/s1. The zero-order chi connectivity index (χ0) is 18.4. The number of hydrogen-bond donors (Lipinski definition) is 3. The number of rotatable bonds is 16. The van der Waals surface area contributed by atoms with Crippen molar-refractivity contribution >= 4 is 11.6 Å². The van der Waals surface area contributed by atoms with Crippen LogP contribution in [0.2, 0.25) is 0 Å². The Kier molecular flexibility index (Phi) is 13.1. The highest BCUT2D eigenvalue weighted by molar-refractivity contribution is 6.10. The van der Waals surface area contributed by atoms with Crippen LogP contribution in [-0.4, -0.2) is 45.2 Å². The van der Waals surface area contributed by atoms with Gasteiger partial charge in [-0.2, -0.15) is 0 Å².